The molecule has 2 aromatic rings. The van der Waals surface area contributed by atoms with Crippen LogP contribution in [-0.2, 0) is 16.8 Å². The highest BCUT2D eigenvalue weighted by molar-refractivity contribution is 6.12. The molecule has 0 bridgehead atoms. The third kappa shape index (κ3) is 2.00. The lowest BCUT2D eigenvalue weighted by Gasteiger charge is -2.31. The molecule has 1 spiro atoms. The monoisotopic (exact) mass is 382 g/mol. The van der Waals surface area contributed by atoms with Gasteiger partial charge in [0.05, 0.1) is 4.92 Å². The van der Waals surface area contributed by atoms with Crippen molar-refractivity contribution < 1.29 is 24.0 Å². The van der Waals surface area contributed by atoms with Crippen LogP contribution in [0.5, 0.6) is 5.75 Å². The minimum absolute atomic E-state index is 0.00832. The van der Waals surface area contributed by atoms with Gasteiger partial charge in [-0.1, -0.05) is 0 Å². The largest absolute Gasteiger partial charge is 0.457 e. The highest BCUT2D eigenvalue weighted by Gasteiger charge is 2.59. The van der Waals surface area contributed by atoms with Crippen molar-refractivity contribution in [3.63, 3.8) is 0 Å². The van der Waals surface area contributed by atoms with E-state index in [1.54, 1.807) is 6.07 Å². The van der Waals surface area contributed by atoms with E-state index in [0.717, 1.165) is 12.1 Å². The van der Waals surface area contributed by atoms with Gasteiger partial charge in [0.15, 0.2) is 11.2 Å². The van der Waals surface area contributed by atoms with Gasteiger partial charge in [-0.3, -0.25) is 19.7 Å². The van der Waals surface area contributed by atoms with Crippen LogP contribution in [-0.4, -0.2) is 15.9 Å². The average Bonchev–Trinajstić information content (AvgIpc) is 2.95. The number of benzene rings is 1. The quantitative estimate of drug-likeness (QED) is 0.488. The molecule has 11 heteroatoms. The fourth-order valence-corrected chi connectivity index (χ4v) is 3.43. The molecule has 3 heterocycles. The fourth-order valence-electron chi connectivity index (χ4n) is 3.43. The van der Waals surface area contributed by atoms with Crippen molar-refractivity contribution in [1.29, 1.82) is 5.26 Å². The molecule has 1 amide bonds. The molecule has 1 aromatic heterocycles. The molecule has 0 saturated carbocycles. The number of nitro groups is 1. The molecular formula is C17H10N4O7. The first-order chi connectivity index (χ1) is 13.3. The standard InChI is InChI=1S/C17H10N4O7/c18-5-10-15(19)28-13-12(23)4-8(6-22)27-14(13)17(10)9-3-7(21(25)26)1-2-11(9)20-16(17)24/h1-4,22H,6,19H2,(H,20,24)/t17-/m1/s1. The minimum Gasteiger partial charge on any atom is -0.457 e. The summed E-state index contributed by atoms with van der Waals surface area (Å²) < 4.78 is 10.8. The molecule has 2 aliphatic heterocycles. The highest BCUT2D eigenvalue weighted by Crippen LogP contribution is 2.53. The maximum absolute atomic E-state index is 13.1. The number of nitrogens with two attached hydrogens (primary N) is 1. The predicted molar refractivity (Wildman–Crippen MR) is 90.9 cm³/mol. The summed E-state index contributed by atoms with van der Waals surface area (Å²) in [5.74, 6) is -2.32. The first kappa shape index (κ1) is 17.3. The number of non-ortho nitro benzene ring substituents is 1. The van der Waals surface area contributed by atoms with Gasteiger partial charge in [0, 0.05) is 29.4 Å². The number of nitriles is 1. The summed E-state index contributed by atoms with van der Waals surface area (Å²) >= 11 is 0. The van der Waals surface area contributed by atoms with E-state index in [-0.39, 0.29) is 28.5 Å². The van der Waals surface area contributed by atoms with Crippen molar-refractivity contribution in [2.45, 2.75) is 12.0 Å². The summed E-state index contributed by atoms with van der Waals surface area (Å²) in [5, 5.41) is 32.8. The summed E-state index contributed by atoms with van der Waals surface area (Å²) in [6.45, 7) is -0.664. The molecule has 28 heavy (non-hydrogen) atoms. The van der Waals surface area contributed by atoms with Crippen molar-refractivity contribution in [3.8, 4) is 11.8 Å². The van der Waals surface area contributed by atoms with Crippen LogP contribution in [0.15, 0.2) is 44.9 Å². The SMILES string of the molecule is N#CC1=C(N)Oc2c(oc(CO)cc2=O)[C@]12C(=O)Nc1ccc([N+](=O)[O-])cc12. The zero-order chi connectivity index (χ0) is 20.2. The lowest BCUT2D eigenvalue weighted by Crippen LogP contribution is -2.43. The van der Waals surface area contributed by atoms with E-state index in [0.29, 0.717) is 0 Å². The molecule has 0 aliphatic carbocycles. The minimum atomic E-state index is -2.07. The van der Waals surface area contributed by atoms with Crippen LogP contribution in [0.2, 0.25) is 0 Å². The molecule has 11 nitrogen and oxygen atoms in total. The van der Waals surface area contributed by atoms with Crippen molar-refractivity contribution in [2.75, 3.05) is 5.32 Å². The topological polar surface area (TPSA) is 182 Å². The van der Waals surface area contributed by atoms with Crippen molar-refractivity contribution in [3.05, 3.63) is 73.1 Å². The van der Waals surface area contributed by atoms with Crippen LogP contribution >= 0.6 is 0 Å². The molecule has 1 atom stereocenters. The highest BCUT2D eigenvalue weighted by atomic mass is 16.6. The van der Waals surface area contributed by atoms with Gasteiger partial charge in [0.25, 0.3) is 5.69 Å². The van der Waals surface area contributed by atoms with Gasteiger partial charge >= 0.3 is 0 Å². The van der Waals surface area contributed by atoms with E-state index in [4.69, 9.17) is 14.9 Å². The molecule has 4 N–H and O–H groups in total. The maximum atomic E-state index is 13.1. The van der Waals surface area contributed by atoms with Crippen LogP contribution in [0, 0.1) is 21.4 Å². The van der Waals surface area contributed by atoms with Crippen LogP contribution < -0.4 is 21.2 Å². The Morgan fingerprint density at radius 1 is 1.36 bits per heavy atom. The van der Waals surface area contributed by atoms with Gasteiger partial charge in [-0.05, 0) is 6.07 Å². The van der Waals surface area contributed by atoms with Crippen molar-refractivity contribution in [2.24, 2.45) is 5.73 Å². The second kappa shape index (κ2) is 5.66. The Bertz CT molecular complexity index is 1210. The number of aliphatic hydroxyl groups excluding tert-OH is 1. The predicted octanol–water partition coefficient (Wildman–Crippen LogP) is 0.365. The summed E-state index contributed by atoms with van der Waals surface area (Å²) in [5.41, 5.74) is 2.44. The van der Waals surface area contributed by atoms with Gasteiger partial charge in [-0.15, -0.1) is 0 Å². The van der Waals surface area contributed by atoms with Crippen molar-refractivity contribution in [1.82, 2.24) is 0 Å². The molecule has 140 valence electrons. The first-order valence-corrected chi connectivity index (χ1v) is 7.81. The lowest BCUT2D eigenvalue weighted by molar-refractivity contribution is -0.384. The van der Waals surface area contributed by atoms with Gasteiger partial charge in [0.2, 0.25) is 23.0 Å². The van der Waals surface area contributed by atoms with Gasteiger partial charge in [-0.25, -0.2) is 0 Å². The van der Waals surface area contributed by atoms with E-state index in [2.05, 4.69) is 5.32 Å². The summed E-state index contributed by atoms with van der Waals surface area (Å²) in [6, 6.07) is 6.31. The van der Waals surface area contributed by atoms with Crippen LogP contribution in [0.25, 0.3) is 0 Å². The van der Waals surface area contributed by atoms with E-state index in [1.165, 1.54) is 12.1 Å². The molecular weight excluding hydrogens is 372 g/mol. The Labute approximate surface area is 155 Å². The van der Waals surface area contributed by atoms with E-state index < -0.39 is 45.5 Å². The molecule has 0 saturated heterocycles. The fraction of sp³-hybridized carbons (Fsp3) is 0.118. The van der Waals surface area contributed by atoms with Gasteiger partial charge in [-0.2, -0.15) is 5.26 Å². The van der Waals surface area contributed by atoms with Crippen molar-refractivity contribution >= 4 is 17.3 Å². The normalized spacial score (nSPS) is 19.5. The first-order valence-electron chi connectivity index (χ1n) is 7.81. The molecule has 1 aromatic carbocycles. The third-order valence-corrected chi connectivity index (χ3v) is 4.60. The second-order valence-electron chi connectivity index (χ2n) is 6.04. The molecule has 0 radical (unpaired) electrons. The number of carbonyl (C=O) groups excluding carboxylic acids is 1. The zero-order valence-corrected chi connectivity index (χ0v) is 13.9. The molecule has 4 rings (SSSR count). The van der Waals surface area contributed by atoms with Crippen LogP contribution in [0.1, 0.15) is 17.1 Å². The Morgan fingerprint density at radius 2 is 2.11 bits per heavy atom. The Morgan fingerprint density at radius 3 is 2.75 bits per heavy atom. The average molecular weight is 382 g/mol. The van der Waals surface area contributed by atoms with E-state index in [1.807, 2.05) is 0 Å². The maximum Gasteiger partial charge on any atom is 0.269 e. The number of aliphatic hydroxyl groups is 1. The Balaban J connectivity index is 2.18. The summed E-state index contributed by atoms with van der Waals surface area (Å²) in [7, 11) is 0. The van der Waals surface area contributed by atoms with Crippen LogP contribution in [0.3, 0.4) is 0 Å². The number of ether oxygens (including phenoxy) is 1. The smallest absolute Gasteiger partial charge is 0.269 e. The lowest BCUT2D eigenvalue weighted by atomic mass is 9.71. The van der Waals surface area contributed by atoms with E-state index in [9.17, 15) is 30.1 Å². The third-order valence-electron chi connectivity index (χ3n) is 4.60. The number of amides is 1. The molecule has 0 unspecified atom stereocenters. The number of rotatable bonds is 2. The molecule has 2 aliphatic rings. The molecule has 0 fully saturated rings. The van der Waals surface area contributed by atoms with Crippen LogP contribution in [0.4, 0.5) is 11.4 Å². The number of hydrogen-bond acceptors (Lipinski definition) is 9. The zero-order valence-electron chi connectivity index (χ0n) is 13.9. The van der Waals surface area contributed by atoms with Gasteiger partial charge < -0.3 is 25.3 Å². The second-order valence-corrected chi connectivity index (χ2v) is 6.04. The number of fused-ring (bicyclic) bond motifs is 4. The number of nitro benzene ring substituents is 1. The number of nitrogens with one attached hydrogen (secondary N) is 1. The Kier molecular flexibility index (Phi) is 3.49. The number of anilines is 1. The Hall–Kier alpha value is -4.17. The summed E-state index contributed by atoms with van der Waals surface area (Å²) in [6.07, 6.45) is 0. The summed E-state index contributed by atoms with van der Waals surface area (Å²) in [4.78, 5) is 36.1. The van der Waals surface area contributed by atoms with Gasteiger partial charge in [0.1, 0.15) is 24.0 Å². The van der Waals surface area contributed by atoms with E-state index >= 15 is 0 Å². The number of hydrogen-bond donors (Lipinski definition) is 3. The number of nitrogens with zero attached hydrogens (tertiary/aromatic N) is 2. The number of carbonyl (C=O) groups is 1.